The minimum Gasteiger partial charge on any atom is -0.120 e. The molecule has 1 fully saturated rings. The van der Waals surface area contributed by atoms with Crippen LogP contribution in [0.5, 0.6) is 0 Å². The van der Waals surface area contributed by atoms with Gasteiger partial charge in [-0.1, -0.05) is 19.3 Å². The SMILES string of the molecule is C#CC1CCCCC1.[HH]. The fourth-order valence-electron chi connectivity index (χ4n) is 1.27. The van der Waals surface area contributed by atoms with Gasteiger partial charge in [0.25, 0.3) is 0 Å². The van der Waals surface area contributed by atoms with Crippen LogP contribution in [-0.2, 0) is 0 Å². The number of terminal acetylenes is 1. The quantitative estimate of drug-likeness (QED) is 0.420. The van der Waals surface area contributed by atoms with E-state index >= 15 is 0 Å². The molecule has 0 N–H and O–H groups in total. The Morgan fingerprint density at radius 2 is 1.88 bits per heavy atom. The monoisotopic (exact) mass is 110 g/mol. The van der Waals surface area contributed by atoms with Gasteiger partial charge in [-0.05, 0) is 12.8 Å². The fraction of sp³-hybridized carbons (Fsp3) is 0.750. The van der Waals surface area contributed by atoms with Crippen molar-refractivity contribution in [3.63, 3.8) is 0 Å². The van der Waals surface area contributed by atoms with Crippen molar-refractivity contribution in [3.8, 4) is 12.3 Å². The van der Waals surface area contributed by atoms with Crippen LogP contribution < -0.4 is 0 Å². The average Bonchev–Trinajstić information content (AvgIpc) is 1.90. The predicted molar refractivity (Wildman–Crippen MR) is 37.5 cm³/mol. The standard InChI is InChI=1S/C8H12.H2/c1-2-8-6-4-3-5-7-8;/h1,8H,3-7H2;1H. The summed E-state index contributed by atoms with van der Waals surface area (Å²) >= 11 is 0. The smallest absolute Gasteiger partial charge is 0.0200 e. The van der Waals surface area contributed by atoms with Crippen molar-refractivity contribution in [1.29, 1.82) is 0 Å². The van der Waals surface area contributed by atoms with Crippen LogP contribution in [0.25, 0.3) is 0 Å². The summed E-state index contributed by atoms with van der Waals surface area (Å²) in [5.41, 5.74) is 0. The Morgan fingerprint density at radius 1 is 1.25 bits per heavy atom. The zero-order valence-corrected chi connectivity index (χ0v) is 5.19. The van der Waals surface area contributed by atoms with Gasteiger partial charge in [0.2, 0.25) is 0 Å². The van der Waals surface area contributed by atoms with Crippen LogP contribution in [0.3, 0.4) is 0 Å². The van der Waals surface area contributed by atoms with Crippen molar-refractivity contribution in [1.82, 2.24) is 0 Å². The van der Waals surface area contributed by atoms with Crippen LogP contribution >= 0.6 is 0 Å². The van der Waals surface area contributed by atoms with E-state index in [4.69, 9.17) is 6.42 Å². The van der Waals surface area contributed by atoms with Gasteiger partial charge in [0, 0.05) is 7.34 Å². The third kappa shape index (κ3) is 1.26. The van der Waals surface area contributed by atoms with Crippen molar-refractivity contribution in [2.45, 2.75) is 32.1 Å². The molecule has 1 aliphatic rings. The van der Waals surface area contributed by atoms with Crippen molar-refractivity contribution < 1.29 is 1.43 Å². The molecule has 0 spiro atoms. The van der Waals surface area contributed by atoms with Gasteiger partial charge in [-0.2, -0.15) is 0 Å². The molecule has 0 heteroatoms. The third-order valence-corrected chi connectivity index (χ3v) is 1.84. The van der Waals surface area contributed by atoms with E-state index in [1.54, 1.807) is 0 Å². The summed E-state index contributed by atoms with van der Waals surface area (Å²) in [5.74, 6) is 3.42. The molecule has 0 amide bonds. The predicted octanol–water partition coefficient (Wildman–Crippen LogP) is 2.45. The molecule has 1 rings (SSSR count). The normalized spacial score (nSPS) is 22.4. The number of hydrogen-bond acceptors (Lipinski definition) is 0. The lowest BCUT2D eigenvalue weighted by molar-refractivity contribution is 0.430. The molecule has 0 bridgehead atoms. The molecule has 8 heavy (non-hydrogen) atoms. The van der Waals surface area contributed by atoms with Crippen LogP contribution in [0, 0.1) is 18.3 Å². The lowest BCUT2D eigenvalue weighted by atomic mass is 9.90. The maximum atomic E-state index is 5.25. The highest BCUT2D eigenvalue weighted by atomic mass is 14.1. The highest BCUT2D eigenvalue weighted by molar-refractivity contribution is 4.93. The summed E-state index contributed by atoms with van der Waals surface area (Å²) in [6, 6.07) is 0. The number of rotatable bonds is 0. The Hall–Kier alpha value is -0.440. The van der Waals surface area contributed by atoms with E-state index in [-0.39, 0.29) is 1.43 Å². The molecule has 0 saturated heterocycles. The van der Waals surface area contributed by atoms with E-state index in [1.807, 2.05) is 0 Å². The lowest BCUT2D eigenvalue weighted by Gasteiger charge is -2.14. The van der Waals surface area contributed by atoms with Gasteiger partial charge in [-0.25, -0.2) is 0 Å². The van der Waals surface area contributed by atoms with E-state index in [9.17, 15) is 0 Å². The zero-order chi connectivity index (χ0) is 5.82. The molecule has 0 aromatic heterocycles. The van der Waals surface area contributed by atoms with E-state index in [0.29, 0.717) is 5.92 Å². The fourth-order valence-corrected chi connectivity index (χ4v) is 1.27. The molecule has 0 aromatic rings. The summed E-state index contributed by atoms with van der Waals surface area (Å²) in [6.07, 6.45) is 11.9. The Morgan fingerprint density at radius 3 is 2.25 bits per heavy atom. The van der Waals surface area contributed by atoms with E-state index in [1.165, 1.54) is 32.1 Å². The van der Waals surface area contributed by atoms with Gasteiger partial charge in [-0.3, -0.25) is 0 Å². The minimum atomic E-state index is 0. The van der Waals surface area contributed by atoms with Gasteiger partial charge < -0.3 is 0 Å². The third-order valence-electron chi connectivity index (χ3n) is 1.84. The highest BCUT2D eigenvalue weighted by Gasteiger charge is 2.08. The van der Waals surface area contributed by atoms with Crippen LogP contribution in [0.1, 0.15) is 33.5 Å². The van der Waals surface area contributed by atoms with Crippen LogP contribution in [0.4, 0.5) is 0 Å². The first-order valence-electron chi connectivity index (χ1n) is 3.39. The van der Waals surface area contributed by atoms with E-state index in [0.717, 1.165) is 0 Å². The van der Waals surface area contributed by atoms with Gasteiger partial charge >= 0.3 is 0 Å². The van der Waals surface area contributed by atoms with Gasteiger partial charge in [-0.15, -0.1) is 12.3 Å². The first-order valence-corrected chi connectivity index (χ1v) is 3.39. The molecule has 1 aliphatic carbocycles. The second-order valence-electron chi connectivity index (χ2n) is 2.50. The first-order chi connectivity index (χ1) is 3.93. The number of hydrogen-bond donors (Lipinski definition) is 0. The van der Waals surface area contributed by atoms with E-state index in [2.05, 4.69) is 5.92 Å². The zero-order valence-electron chi connectivity index (χ0n) is 5.19. The van der Waals surface area contributed by atoms with Crippen molar-refractivity contribution >= 4 is 0 Å². The van der Waals surface area contributed by atoms with Gasteiger partial charge in [0.15, 0.2) is 0 Å². The molecule has 0 unspecified atom stereocenters. The highest BCUT2D eigenvalue weighted by Crippen LogP contribution is 2.22. The molecule has 0 aromatic carbocycles. The van der Waals surface area contributed by atoms with Crippen LogP contribution in [0.2, 0.25) is 0 Å². The van der Waals surface area contributed by atoms with Crippen molar-refractivity contribution in [2.24, 2.45) is 5.92 Å². The molecule has 46 valence electrons. The van der Waals surface area contributed by atoms with Crippen molar-refractivity contribution in [2.75, 3.05) is 0 Å². The van der Waals surface area contributed by atoms with Gasteiger partial charge in [0.1, 0.15) is 0 Å². The maximum absolute atomic E-state index is 5.25. The summed E-state index contributed by atoms with van der Waals surface area (Å²) in [7, 11) is 0. The van der Waals surface area contributed by atoms with Gasteiger partial charge in [0.05, 0.1) is 0 Å². The molecule has 1 saturated carbocycles. The van der Waals surface area contributed by atoms with Crippen LogP contribution in [0.15, 0.2) is 0 Å². The topological polar surface area (TPSA) is 0 Å². The summed E-state index contributed by atoms with van der Waals surface area (Å²) in [6.45, 7) is 0. The maximum Gasteiger partial charge on any atom is 0.0200 e. The van der Waals surface area contributed by atoms with E-state index < -0.39 is 0 Å². The second kappa shape index (κ2) is 2.77. The second-order valence-corrected chi connectivity index (χ2v) is 2.50. The summed E-state index contributed by atoms with van der Waals surface area (Å²) in [4.78, 5) is 0. The molecular weight excluding hydrogens is 96.1 g/mol. The molecule has 0 atom stereocenters. The summed E-state index contributed by atoms with van der Waals surface area (Å²) < 4.78 is 0. The Balaban J connectivity index is 0.000000640. The molecule has 0 heterocycles. The lowest BCUT2D eigenvalue weighted by Crippen LogP contribution is -2.02. The molecular formula is C8H14. The largest absolute Gasteiger partial charge is 0.120 e. The Bertz CT molecular complexity index is 95.6. The molecule has 0 nitrogen and oxygen atoms in total. The summed E-state index contributed by atoms with van der Waals surface area (Å²) in [5, 5.41) is 0. The Labute approximate surface area is 52.8 Å². The molecule has 0 radical (unpaired) electrons. The Kier molecular flexibility index (Phi) is 1.97. The average molecular weight is 110 g/mol. The van der Waals surface area contributed by atoms with Crippen LogP contribution in [-0.4, -0.2) is 0 Å². The minimum absolute atomic E-state index is 0. The first kappa shape index (κ1) is 5.69. The molecule has 0 aliphatic heterocycles. The van der Waals surface area contributed by atoms with Crippen molar-refractivity contribution in [3.05, 3.63) is 0 Å².